The van der Waals surface area contributed by atoms with Crippen LogP contribution in [0.4, 0.5) is 0 Å². The Balaban J connectivity index is 2.07. The minimum absolute atomic E-state index is 0.437. The van der Waals surface area contributed by atoms with E-state index in [9.17, 15) is 0 Å². The third-order valence-electron chi connectivity index (χ3n) is 3.24. The van der Waals surface area contributed by atoms with Gasteiger partial charge >= 0.3 is 0 Å². The Hall–Kier alpha value is -0.650. The average molecular weight is 342 g/mol. The fourth-order valence-corrected chi connectivity index (χ4v) is 3.53. The van der Waals surface area contributed by atoms with E-state index in [0.29, 0.717) is 6.04 Å². The molecule has 0 aliphatic rings. The molecule has 2 heterocycles. The van der Waals surface area contributed by atoms with Gasteiger partial charge in [-0.05, 0) is 40.7 Å². The maximum absolute atomic E-state index is 4.43. The maximum atomic E-state index is 4.43. The number of nitrogens with zero attached hydrogens (tertiary/aromatic N) is 2. The van der Waals surface area contributed by atoms with Crippen LogP contribution in [0.15, 0.2) is 22.0 Å². The van der Waals surface area contributed by atoms with Crippen LogP contribution in [0, 0.1) is 6.92 Å². The van der Waals surface area contributed by atoms with Gasteiger partial charge < -0.3 is 5.32 Å². The van der Waals surface area contributed by atoms with E-state index < -0.39 is 0 Å². The summed E-state index contributed by atoms with van der Waals surface area (Å²) in [6.07, 6.45) is 2.34. The first-order valence-corrected chi connectivity index (χ1v) is 8.25. The first-order valence-electron chi connectivity index (χ1n) is 6.58. The van der Waals surface area contributed by atoms with E-state index in [0.717, 1.165) is 23.1 Å². The smallest absolute Gasteiger partial charge is 0.0739 e. The van der Waals surface area contributed by atoms with Gasteiger partial charge in [0.2, 0.25) is 0 Å². The molecule has 0 saturated carbocycles. The Bertz CT molecular complexity index is 519. The molecule has 0 bridgehead atoms. The third kappa shape index (κ3) is 3.46. The highest BCUT2D eigenvalue weighted by Gasteiger charge is 2.15. The number of hydrogen-bond acceptors (Lipinski definition) is 3. The number of thiophene rings is 1. The fourth-order valence-electron chi connectivity index (χ4n) is 2.22. The van der Waals surface area contributed by atoms with Gasteiger partial charge in [-0.25, -0.2) is 0 Å². The number of nitrogens with one attached hydrogen (secondary N) is 1. The number of aryl methyl sites for hydroxylation is 2. The lowest BCUT2D eigenvalue weighted by Gasteiger charge is -2.17. The molecule has 0 fully saturated rings. The van der Waals surface area contributed by atoms with E-state index in [1.54, 1.807) is 0 Å². The maximum Gasteiger partial charge on any atom is 0.0739 e. The fraction of sp³-hybridized carbons (Fsp3) is 0.500. The molecular formula is C14H20BrN3S. The SMILES string of the molecule is CCCC(NCc1c(Br)c(C)nn1C)c1cccs1. The van der Waals surface area contributed by atoms with E-state index >= 15 is 0 Å². The Morgan fingerprint density at radius 2 is 2.32 bits per heavy atom. The molecule has 1 N–H and O–H groups in total. The summed E-state index contributed by atoms with van der Waals surface area (Å²) < 4.78 is 3.06. The first kappa shape index (κ1) is 14.8. The molecule has 5 heteroatoms. The van der Waals surface area contributed by atoms with Crippen LogP contribution in [0.3, 0.4) is 0 Å². The van der Waals surface area contributed by atoms with Gasteiger partial charge in [-0.15, -0.1) is 11.3 Å². The number of halogens is 1. The zero-order valence-corrected chi connectivity index (χ0v) is 14.0. The molecule has 0 aromatic carbocycles. The van der Waals surface area contributed by atoms with Gasteiger partial charge in [-0.2, -0.15) is 5.10 Å². The monoisotopic (exact) mass is 341 g/mol. The van der Waals surface area contributed by atoms with Crippen molar-refractivity contribution in [2.75, 3.05) is 0 Å². The molecule has 1 unspecified atom stereocenters. The van der Waals surface area contributed by atoms with Crippen LogP contribution in [0.1, 0.15) is 42.1 Å². The summed E-state index contributed by atoms with van der Waals surface area (Å²) in [4.78, 5) is 1.41. The number of rotatable bonds is 6. The van der Waals surface area contributed by atoms with E-state index in [2.05, 4.69) is 50.8 Å². The van der Waals surface area contributed by atoms with Crippen molar-refractivity contribution in [2.24, 2.45) is 7.05 Å². The van der Waals surface area contributed by atoms with Crippen LogP contribution in [0.25, 0.3) is 0 Å². The summed E-state index contributed by atoms with van der Waals surface area (Å²) in [5.41, 5.74) is 2.25. The van der Waals surface area contributed by atoms with Crippen molar-refractivity contribution in [2.45, 2.75) is 39.3 Å². The van der Waals surface area contributed by atoms with Crippen LogP contribution >= 0.6 is 27.3 Å². The topological polar surface area (TPSA) is 29.9 Å². The highest BCUT2D eigenvalue weighted by molar-refractivity contribution is 9.10. The van der Waals surface area contributed by atoms with Crippen LogP contribution in [-0.2, 0) is 13.6 Å². The average Bonchev–Trinajstić information content (AvgIpc) is 2.97. The van der Waals surface area contributed by atoms with Gasteiger partial charge in [0, 0.05) is 24.5 Å². The normalized spacial score (nSPS) is 12.8. The molecule has 0 amide bonds. The minimum Gasteiger partial charge on any atom is -0.304 e. The van der Waals surface area contributed by atoms with Crippen LogP contribution in [0.5, 0.6) is 0 Å². The van der Waals surface area contributed by atoms with Crippen molar-refractivity contribution in [1.29, 1.82) is 0 Å². The van der Waals surface area contributed by atoms with Crippen molar-refractivity contribution in [3.8, 4) is 0 Å². The highest BCUT2D eigenvalue weighted by Crippen LogP contribution is 2.25. The van der Waals surface area contributed by atoms with E-state index in [4.69, 9.17) is 0 Å². The van der Waals surface area contributed by atoms with Gasteiger partial charge in [0.05, 0.1) is 15.9 Å². The quantitative estimate of drug-likeness (QED) is 0.853. The number of hydrogen-bond donors (Lipinski definition) is 1. The predicted octanol–water partition coefficient (Wildman–Crippen LogP) is 4.18. The predicted molar refractivity (Wildman–Crippen MR) is 84.5 cm³/mol. The van der Waals surface area contributed by atoms with Crippen molar-refractivity contribution in [3.63, 3.8) is 0 Å². The highest BCUT2D eigenvalue weighted by atomic mass is 79.9. The molecule has 19 heavy (non-hydrogen) atoms. The number of aromatic nitrogens is 2. The van der Waals surface area contributed by atoms with Gasteiger partial charge in [-0.1, -0.05) is 19.4 Å². The van der Waals surface area contributed by atoms with Gasteiger partial charge in [-0.3, -0.25) is 4.68 Å². The van der Waals surface area contributed by atoms with Crippen molar-refractivity contribution in [3.05, 3.63) is 38.3 Å². The van der Waals surface area contributed by atoms with Crippen LogP contribution < -0.4 is 5.32 Å². The zero-order chi connectivity index (χ0) is 13.8. The summed E-state index contributed by atoms with van der Waals surface area (Å²) in [5.74, 6) is 0. The third-order valence-corrected chi connectivity index (χ3v) is 5.26. The molecule has 1 atom stereocenters. The second kappa shape index (κ2) is 6.68. The Morgan fingerprint density at radius 3 is 2.84 bits per heavy atom. The Kier molecular flexibility index (Phi) is 5.19. The second-order valence-corrected chi connectivity index (χ2v) is 6.48. The molecule has 104 valence electrons. The molecule has 0 aliphatic carbocycles. The largest absolute Gasteiger partial charge is 0.304 e. The van der Waals surface area contributed by atoms with Crippen LogP contribution in [-0.4, -0.2) is 9.78 Å². The first-order chi connectivity index (χ1) is 9.13. The molecular weight excluding hydrogens is 322 g/mol. The molecule has 0 aliphatic heterocycles. The van der Waals surface area contributed by atoms with Gasteiger partial charge in [0.25, 0.3) is 0 Å². The Morgan fingerprint density at radius 1 is 1.53 bits per heavy atom. The minimum atomic E-state index is 0.437. The molecule has 2 rings (SSSR count). The molecule has 2 aromatic rings. The van der Waals surface area contributed by atoms with E-state index in [1.807, 2.05) is 30.0 Å². The lowest BCUT2D eigenvalue weighted by Crippen LogP contribution is -2.21. The van der Waals surface area contributed by atoms with Gasteiger partial charge in [0.1, 0.15) is 0 Å². The zero-order valence-electron chi connectivity index (χ0n) is 11.6. The molecule has 0 radical (unpaired) electrons. The lowest BCUT2D eigenvalue weighted by molar-refractivity contribution is 0.486. The summed E-state index contributed by atoms with van der Waals surface area (Å²) in [6, 6.07) is 4.77. The second-order valence-electron chi connectivity index (χ2n) is 4.71. The summed E-state index contributed by atoms with van der Waals surface area (Å²) in [5, 5.41) is 10.2. The van der Waals surface area contributed by atoms with E-state index in [-0.39, 0.29) is 0 Å². The standard InChI is InChI=1S/C14H20BrN3S/c1-4-6-11(13-7-5-8-19-13)16-9-12-14(15)10(2)17-18(12)3/h5,7-8,11,16H,4,6,9H2,1-3H3. The molecule has 0 spiro atoms. The van der Waals surface area contributed by atoms with Crippen molar-refractivity contribution < 1.29 is 0 Å². The van der Waals surface area contributed by atoms with Crippen LogP contribution in [0.2, 0.25) is 0 Å². The van der Waals surface area contributed by atoms with E-state index in [1.165, 1.54) is 17.0 Å². The lowest BCUT2D eigenvalue weighted by atomic mass is 10.1. The summed E-state index contributed by atoms with van der Waals surface area (Å²) >= 11 is 5.44. The van der Waals surface area contributed by atoms with Crippen molar-refractivity contribution in [1.82, 2.24) is 15.1 Å². The molecule has 3 nitrogen and oxygen atoms in total. The summed E-state index contributed by atoms with van der Waals surface area (Å²) in [6.45, 7) is 5.09. The Labute approximate surface area is 127 Å². The van der Waals surface area contributed by atoms with Crippen molar-refractivity contribution >= 4 is 27.3 Å². The van der Waals surface area contributed by atoms with Gasteiger partial charge in [0.15, 0.2) is 0 Å². The molecule has 2 aromatic heterocycles. The molecule has 0 saturated heterocycles. The summed E-state index contributed by atoms with van der Waals surface area (Å²) in [7, 11) is 1.99.